The predicted molar refractivity (Wildman–Crippen MR) is 76.1 cm³/mol. The molecule has 1 unspecified atom stereocenters. The van der Waals surface area contributed by atoms with Crippen LogP contribution in [0.3, 0.4) is 0 Å². The fourth-order valence-corrected chi connectivity index (χ4v) is 3.29. The first-order valence-electron chi connectivity index (χ1n) is 6.36. The fourth-order valence-electron chi connectivity index (χ4n) is 2.27. The molecule has 19 heavy (non-hydrogen) atoms. The van der Waals surface area contributed by atoms with Crippen LogP contribution >= 0.6 is 11.3 Å². The van der Waals surface area contributed by atoms with E-state index in [0.29, 0.717) is 16.5 Å². The number of carbonyl (C=O) groups is 1. The van der Waals surface area contributed by atoms with E-state index in [9.17, 15) is 4.79 Å². The summed E-state index contributed by atoms with van der Waals surface area (Å²) >= 11 is 1.32. The third-order valence-corrected chi connectivity index (χ3v) is 4.94. The molecule has 3 rings (SSSR count). The lowest BCUT2D eigenvalue weighted by Gasteiger charge is -2.24. The quantitative estimate of drug-likeness (QED) is 0.932. The number of carbonyl (C=O) groups excluding carboxylic acids is 1. The lowest BCUT2D eigenvalue weighted by atomic mass is 10.2. The topological polar surface area (TPSA) is 72.1 Å². The maximum absolute atomic E-state index is 12.5. The Morgan fingerprint density at radius 1 is 1.58 bits per heavy atom. The summed E-state index contributed by atoms with van der Waals surface area (Å²) in [4.78, 5) is 15.6. The molecule has 6 heteroatoms. The smallest absolute Gasteiger partial charge is 0.266 e. The molecular formula is C13H16N4OS. The van der Waals surface area contributed by atoms with Crippen molar-refractivity contribution in [3.63, 3.8) is 0 Å². The van der Waals surface area contributed by atoms with E-state index >= 15 is 0 Å². The summed E-state index contributed by atoms with van der Waals surface area (Å²) < 4.78 is 0. The van der Waals surface area contributed by atoms with E-state index in [0.717, 1.165) is 10.2 Å². The molecule has 0 spiro atoms. The summed E-state index contributed by atoms with van der Waals surface area (Å²) in [5.74, 6) is 0.629. The Kier molecular flexibility index (Phi) is 2.89. The van der Waals surface area contributed by atoms with E-state index in [1.165, 1.54) is 24.2 Å². The number of amides is 1. The van der Waals surface area contributed by atoms with E-state index in [2.05, 4.69) is 17.1 Å². The zero-order valence-electron chi connectivity index (χ0n) is 11.0. The van der Waals surface area contributed by atoms with Crippen LogP contribution in [-0.4, -0.2) is 34.1 Å². The molecule has 0 radical (unpaired) electrons. The maximum atomic E-state index is 12.5. The number of nitrogen functional groups attached to an aromatic ring is 1. The van der Waals surface area contributed by atoms with Gasteiger partial charge in [0.05, 0.1) is 11.9 Å². The summed E-state index contributed by atoms with van der Waals surface area (Å²) in [6, 6.07) is 2.07. The molecule has 2 N–H and O–H groups in total. The number of nitrogens with two attached hydrogens (primary N) is 1. The van der Waals surface area contributed by atoms with Gasteiger partial charge in [-0.2, -0.15) is 5.10 Å². The van der Waals surface area contributed by atoms with Gasteiger partial charge in [-0.15, -0.1) is 16.4 Å². The number of rotatable bonds is 3. The minimum absolute atomic E-state index is 0.0140. The highest BCUT2D eigenvalue weighted by atomic mass is 32.1. The van der Waals surface area contributed by atoms with Crippen LogP contribution in [-0.2, 0) is 0 Å². The van der Waals surface area contributed by atoms with Crippen molar-refractivity contribution < 1.29 is 4.79 Å². The second kappa shape index (κ2) is 4.45. The van der Waals surface area contributed by atoms with E-state index in [-0.39, 0.29) is 11.9 Å². The van der Waals surface area contributed by atoms with Crippen LogP contribution in [0.15, 0.2) is 12.3 Å². The molecule has 1 fully saturated rings. The molecule has 0 aliphatic heterocycles. The third kappa shape index (κ3) is 2.06. The molecule has 0 bridgehead atoms. The molecular weight excluding hydrogens is 260 g/mol. The van der Waals surface area contributed by atoms with Crippen LogP contribution < -0.4 is 5.73 Å². The van der Waals surface area contributed by atoms with Gasteiger partial charge in [0.15, 0.2) is 0 Å². The Morgan fingerprint density at radius 2 is 2.32 bits per heavy atom. The summed E-state index contributed by atoms with van der Waals surface area (Å²) in [7, 11) is 1.85. The summed E-state index contributed by atoms with van der Waals surface area (Å²) in [5, 5.41) is 8.65. The number of hydrogen-bond donors (Lipinski definition) is 1. The Morgan fingerprint density at radius 3 is 2.95 bits per heavy atom. The fraction of sp³-hybridized carbons (Fsp3) is 0.462. The largest absolute Gasteiger partial charge is 0.397 e. The Labute approximate surface area is 115 Å². The molecule has 2 aromatic rings. The molecule has 1 amide bonds. The standard InChI is InChI=1S/C13H16N4OS/c1-7(8-3-4-8)17(2)13(18)11-10(14)9-5-6-15-16-12(9)19-11/h5-8H,3-4,14H2,1-2H3. The minimum Gasteiger partial charge on any atom is -0.397 e. The number of thiophene rings is 1. The first-order valence-corrected chi connectivity index (χ1v) is 7.18. The summed E-state index contributed by atoms with van der Waals surface area (Å²) in [6.07, 6.45) is 4.02. The SMILES string of the molecule is CC(C1CC1)N(C)C(=O)c1sc2nnccc2c1N. The van der Waals surface area contributed by atoms with Crippen LogP contribution in [0.5, 0.6) is 0 Å². The predicted octanol–water partition coefficient (Wildman–Crippen LogP) is 2.14. The lowest BCUT2D eigenvalue weighted by Crippen LogP contribution is -2.36. The molecule has 1 saturated carbocycles. The monoisotopic (exact) mass is 276 g/mol. The zero-order valence-corrected chi connectivity index (χ0v) is 11.8. The Hall–Kier alpha value is -1.69. The Bertz CT molecular complexity index is 635. The lowest BCUT2D eigenvalue weighted by molar-refractivity contribution is 0.0733. The average molecular weight is 276 g/mol. The highest BCUT2D eigenvalue weighted by molar-refractivity contribution is 7.21. The number of anilines is 1. The van der Waals surface area contributed by atoms with Gasteiger partial charge in [-0.05, 0) is 31.7 Å². The van der Waals surface area contributed by atoms with Crippen molar-refractivity contribution >= 4 is 33.1 Å². The highest BCUT2D eigenvalue weighted by Crippen LogP contribution is 2.37. The highest BCUT2D eigenvalue weighted by Gasteiger charge is 2.33. The van der Waals surface area contributed by atoms with Crippen LogP contribution in [0.4, 0.5) is 5.69 Å². The summed E-state index contributed by atoms with van der Waals surface area (Å²) in [6.45, 7) is 2.10. The first-order chi connectivity index (χ1) is 9.09. The second-order valence-corrected chi connectivity index (χ2v) is 6.09. The second-order valence-electron chi connectivity index (χ2n) is 5.09. The number of aromatic nitrogens is 2. The molecule has 2 aromatic heterocycles. The van der Waals surface area contributed by atoms with Crippen molar-refractivity contribution in [1.29, 1.82) is 0 Å². The van der Waals surface area contributed by atoms with Crippen LogP contribution in [0.1, 0.15) is 29.4 Å². The molecule has 1 atom stereocenters. The van der Waals surface area contributed by atoms with E-state index in [4.69, 9.17) is 5.73 Å². The van der Waals surface area contributed by atoms with Crippen molar-refractivity contribution in [2.45, 2.75) is 25.8 Å². The number of hydrogen-bond acceptors (Lipinski definition) is 5. The normalized spacial score (nSPS) is 16.5. The van der Waals surface area contributed by atoms with Gasteiger partial charge in [0.1, 0.15) is 9.71 Å². The number of fused-ring (bicyclic) bond motifs is 1. The molecule has 1 aliphatic rings. The number of nitrogens with zero attached hydrogens (tertiary/aromatic N) is 3. The minimum atomic E-state index is -0.0140. The van der Waals surface area contributed by atoms with Crippen molar-refractivity contribution in [2.24, 2.45) is 5.92 Å². The molecule has 0 saturated heterocycles. The van der Waals surface area contributed by atoms with Gasteiger partial charge < -0.3 is 10.6 Å². The van der Waals surface area contributed by atoms with Gasteiger partial charge in [-0.25, -0.2) is 0 Å². The molecule has 1 aliphatic carbocycles. The van der Waals surface area contributed by atoms with Gasteiger partial charge >= 0.3 is 0 Å². The molecule has 5 nitrogen and oxygen atoms in total. The van der Waals surface area contributed by atoms with Crippen molar-refractivity contribution in [3.8, 4) is 0 Å². The van der Waals surface area contributed by atoms with Crippen molar-refractivity contribution in [1.82, 2.24) is 15.1 Å². The van der Waals surface area contributed by atoms with Crippen molar-refractivity contribution in [3.05, 3.63) is 17.1 Å². The van der Waals surface area contributed by atoms with E-state index < -0.39 is 0 Å². The third-order valence-electron chi connectivity index (χ3n) is 3.85. The van der Waals surface area contributed by atoms with Crippen LogP contribution in [0.25, 0.3) is 10.2 Å². The summed E-state index contributed by atoms with van der Waals surface area (Å²) in [5.41, 5.74) is 6.59. The van der Waals surface area contributed by atoms with Gasteiger partial charge in [-0.3, -0.25) is 4.79 Å². The van der Waals surface area contributed by atoms with Gasteiger partial charge in [0.2, 0.25) is 0 Å². The molecule has 2 heterocycles. The molecule has 100 valence electrons. The van der Waals surface area contributed by atoms with Gasteiger partial charge in [0, 0.05) is 18.5 Å². The maximum Gasteiger partial charge on any atom is 0.266 e. The van der Waals surface area contributed by atoms with Crippen LogP contribution in [0, 0.1) is 5.92 Å². The van der Waals surface area contributed by atoms with E-state index in [1.807, 2.05) is 7.05 Å². The van der Waals surface area contributed by atoms with E-state index in [1.54, 1.807) is 17.2 Å². The van der Waals surface area contributed by atoms with Gasteiger partial charge in [0.25, 0.3) is 5.91 Å². The molecule has 0 aromatic carbocycles. The van der Waals surface area contributed by atoms with Crippen molar-refractivity contribution in [2.75, 3.05) is 12.8 Å². The Balaban J connectivity index is 1.94. The first kappa shape index (κ1) is 12.3. The van der Waals surface area contributed by atoms with Gasteiger partial charge in [-0.1, -0.05) is 0 Å². The van der Waals surface area contributed by atoms with Crippen LogP contribution in [0.2, 0.25) is 0 Å². The average Bonchev–Trinajstić information content (AvgIpc) is 3.22. The zero-order chi connectivity index (χ0) is 13.6.